The molecule has 0 unspecified atom stereocenters. The van der Waals surface area contributed by atoms with Crippen molar-refractivity contribution in [2.24, 2.45) is 0 Å². The third kappa shape index (κ3) is 4.95. The highest BCUT2D eigenvalue weighted by atomic mass is 79.9. The van der Waals surface area contributed by atoms with E-state index in [4.69, 9.17) is 0 Å². The number of halogens is 1. The Morgan fingerprint density at radius 3 is 2.45 bits per heavy atom. The molecule has 0 atom stereocenters. The van der Waals surface area contributed by atoms with Gasteiger partial charge in [0.1, 0.15) is 0 Å². The maximum atomic E-state index is 10.7. The molecule has 0 bridgehead atoms. The van der Waals surface area contributed by atoms with Crippen LogP contribution in [-0.4, -0.2) is 11.8 Å². The summed E-state index contributed by atoms with van der Waals surface area (Å²) in [4.78, 5) is 21.2. The van der Waals surface area contributed by atoms with Gasteiger partial charge < -0.3 is 3.83 Å². The minimum atomic E-state index is -0.805. The van der Waals surface area contributed by atoms with Gasteiger partial charge in [0, 0.05) is 6.42 Å². The monoisotopic (exact) mass is 222 g/mol. The molecule has 0 radical (unpaired) electrons. The van der Waals surface area contributed by atoms with E-state index in [0.717, 1.165) is 19.3 Å². The maximum Gasteiger partial charge on any atom is 0.386 e. The van der Waals surface area contributed by atoms with Gasteiger partial charge in [0.2, 0.25) is 5.78 Å². The molecule has 0 aromatic heterocycles. The van der Waals surface area contributed by atoms with Crippen LogP contribution in [-0.2, 0) is 13.4 Å². The summed E-state index contributed by atoms with van der Waals surface area (Å²) in [6.07, 6.45) is 3.06. The molecular formula is C7H11BrO3. The third-order valence-corrected chi connectivity index (χ3v) is 1.60. The number of unbranched alkanes of at least 4 members (excludes halogenated alkanes) is 2. The Morgan fingerprint density at radius 2 is 2.00 bits per heavy atom. The molecule has 64 valence electrons. The van der Waals surface area contributed by atoms with Crippen LogP contribution in [0.25, 0.3) is 0 Å². The predicted molar refractivity (Wildman–Crippen MR) is 44.2 cm³/mol. The summed E-state index contributed by atoms with van der Waals surface area (Å²) in [6, 6.07) is 0. The molecule has 0 amide bonds. The standard InChI is InChI=1S/C7H11BrO3/c1-2-3-4-5-6(9)7(10)11-8/h2-5H2,1H3. The maximum absolute atomic E-state index is 10.7. The van der Waals surface area contributed by atoms with Crippen LogP contribution < -0.4 is 0 Å². The number of hydrogen-bond donors (Lipinski definition) is 0. The van der Waals surface area contributed by atoms with E-state index in [9.17, 15) is 9.59 Å². The normalized spacial score (nSPS) is 9.27. The second-order valence-electron chi connectivity index (χ2n) is 2.24. The van der Waals surface area contributed by atoms with Crippen LogP contribution in [0.3, 0.4) is 0 Å². The molecule has 0 saturated heterocycles. The molecule has 0 heterocycles. The molecule has 0 aliphatic heterocycles. The summed E-state index contributed by atoms with van der Waals surface area (Å²) in [7, 11) is 0. The molecule has 0 saturated carbocycles. The van der Waals surface area contributed by atoms with Crippen LogP contribution in [0.2, 0.25) is 0 Å². The molecule has 0 aromatic rings. The fourth-order valence-corrected chi connectivity index (χ4v) is 0.861. The number of ketones is 1. The van der Waals surface area contributed by atoms with Crippen LogP contribution in [0.1, 0.15) is 32.6 Å². The van der Waals surface area contributed by atoms with Gasteiger partial charge in [0.05, 0.1) is 0 Å². The van der Waals surface area contributed by atoms with Gasteiger partial charge in [-0.3, -0.25) is 4.79 Å². The second kappa shape index (κ2) is 6.34. The van der Waals surface area contributed by atoms with Crippen molar-refractivity contribution < 1.29 is 13.4 Å². The molecule has 0 spiro atoms. The summed E-state index contributed by atoms with van der Waals surface area (Å²) in [5.74, 6) is -1.27. The highest BCUT2D eigenvalue weighted by Crippen LogP contribution is 2.01. The lowest BCUT2D eigenvalue weighted by molar-refractivity contribution is -0.145. The zero-order valence-corrected chi connectivity index (χ0v) is 8.02. The minimum Gasteiger partial charge on any atom is -0.378 e. The number of hydrogen-bond acceptors (Lipinski definition) is 3. The smallest absolute Gasteiger partial charge is 0.378 e. The number of carbonyl (C=O) groups excluding carboxylic acids is 2. The average molecular weight is 223 g/mol. The zero-order valence-electron chi connectivity index (χ0n) is 6.43. The van der Waals surface area contributed by atoms with Crippen molar-refractivity contribution in [3.8, 4) is 0 Å². The second-order valence-corrected chi connectivity index (χ2v) is 2.57. The number of rotatable bonds is 5. The van der Waals surface area contributed by atoms with Crippen molar-refractivity contribution in [2.75, 3.05) is 0 Å². The fraction of sp³-hybridized carbons (Fsp3) is 0.714. The molecular weight excluding hydrogens is 212 g/mol. The Bertz CT molecular complexity index is 145. The van der Waals surface area contributed by atoms with E-state index in [1.165, 1.54) is 0 Å². The fourth-order valence-electron chi connectivity index (χ4n) is 0.681. The molecule has 11 heavy (non-hydrogen) atoms. The zero-order chi connectivity index (χ0) is 8.69. The Hall–Kier alpha value is -0.380. The van der Waals surface area contributed by atoms with Gasteiger partial charge in [0.25, 0.3) is 0 Å². The first-order chi connectivity index (χ1) is 5.22. The van der Waals surface area contributed by atoms with Crippen molar-refractivity contribution in [1.82, 2.24) is 0 Å². The predicted octanol–water partition coefficient (Wildman–Crippen LogP) is 1.99. The summed E-state index contributed by atoms with van der Waals surface area (Å²) in [5.41, 5.74) is 0. The van der Waals surface area contributed by atoms with E-state index in [1.54, 1.807) is 0 Å². The highest BCUT2D eigenvalue weighted by molar-refractivity contribution is 9.06. The molecule has 0 fully saturated rings. The largest absolute Gasteiger partial charge is 0.386 e. The average Bonchev–Trinajstić information content (AvgIpc) is 2.03. The van der Waals surface area contributed by atoms with Crippen molar-refractivity contribution in [1.29, 1.82) is 0 Å². The quantitative estimate of drug-likeness (QED) is 0.528. The summed E-state index contributed by atoms with van der Waals surface area (Å²) in [5, 5.41) is 0. The molecule has 0 aliphatic carbocycles. The van der Waals surface area contributed by atoms with Crippen LogP contribution in [0.15, 0.2) is 0 Å². The first-order valence-corrected chi connectivity index (χ1v) is 4.22. The lowest BCUT2D eigenvalue weighted by atomic mass is 10.1. The van der Waals surface area contributed by atoms with Gasteiger partial charge in [-0.15, -0.1) is 0 Å². The molecule has 0 aliphatic rings. The Balaban J connectivity index is 3.44. The minimum absolute atomic E-state index is 0.290. The van der Waals surface area contributed by atoms with Crippen LogP contribution in [0.4, 0.5) is 0 Å². The topological polar surface area (TPSA) is 43.4 Å². The van der Waals surface area contributed by atoms with E-state index in [-0.39, 0.29) is 6.42 Å². The lowest BCUT2D eigenvalue weighted by Gasteiger charge is -1.95. The third-order valence-electron chi connectivity index (χ3n) is 1.31. The molecule has 0 aromatic carbocycles. The first kappa shape index (κ1) is 10.6. The summed E-state index contributed by atoms with van der Waals surface area (Å²) >= 11 is 2.45. The van der Waals surface area contributed by atoms with Crippen LogP contribution in [0, 0.1) is 0 Å². The van der Waals surface area contributed by atoms with E-state index in [0.29, 0.717) is 0 Å². The number of Topliss-reactive ketones (excluding diaryl/α,β-unsaturated/α-hetero) is 1. The molecule has 0 N–H and O–H groups in total. The van der Waals surface area contributed by atoms with Crippen molar-refractivity contribution in [3.63, 3.8) is 0 Å². The molecule has 3 nitrogen and oxygen atoms in total. The molecule has 0 rings (SSSR count). The Kier molecular flexibility index (Phi) is 6.12. The van der Waals surface area contributed by atoms with Crippen LogP contribution in [0.5, 0.6) is 0 Å². The van der Waals surface area contributed by atoms with Gasteiger partial charge in [-0.1, -0.05) is 19.8 Å². The SMILES string of the molecule is CCCCCC(=O)C(=O)OBr. The Morgan fingerprint density at radius 1 is 1.36 bits per heavy atom. The van der Waals surface area contributed by atoms with Crippen molar-refractivity contribution in [3.05, 3.63) is 0 Å². The van der Waals surface area contributed by atoms with Crippen LogP contribution >= 0.6 is 16.3 Å². The number of carbonyl (C=O) groups is 2. The van der Waals surface area contributed by atoms with Crippen molar-refractivity contribution >= 4 is 28.0 Å². The van der Waals surface area contributed by atoms with Gasteiger partial charge in [-0.05, 0) is 6.42 Å². The Labute approximate surface area is 74.6 Å². The van der Waals surface area contributed by atoms with E-state index >= 15 is 0 Å². The lowest BCUT2D eigenvalue weighted by Crippen LogP contribution is -2.12. The highest BCUT2D eigenvalue weighted by Gasteiger charge is 2.12. The van der Waals surface area contributed by atoms with E-state index in [1.807, 2.05) is 6.92 Å². The molecule has 4 heteroatoms. The van der Waals surface area contributed by atoms with E-state index < -0.39 is 11.8 Å². The van der Waals surface area contributed by atoms with Gasteiger partial charge >= 0.3 is 5.97 Å². The van der Waals surface area contributed by atoms with Gasteiger partial charge in [0.15, 0.2) is 16.3 Å². The first-order valence-electron chi connectivity index (χ1n) is 3.58. The summed E-state index contributed by atoms with van der Waals surface area (Å²) < 4.78 is 4.07. The van der Waals surface area contributed by atoms with E-state index in [2.05, 4.69) is 20.1 Å². The van der Waals surface area contributed by atoms with Gasteiger partial charge in [-0.2, -0.15) is 0 Å². The van der Waals surface area contributed by atoms with Crippen molar-refractivity contribution in [2.45, 2.75) is 32.6 Å². The van der Waals surface area contributed by atoms with Gasteiger partial charge in [-0.25, -0.2) is 4.79 Å². The summed E-state index contributed by atoms with van der Waals surface area (Å²) in [6.45, 7) is 2.04.